The molecule has 166 valence electrons. The number of carbonyl (C=O) groups is 1. The van der Waals surface area contributed by atoms with Gasteiger partial charge in [-0.1, -0.05) is 12.1 Å². The largest absolute Gasteiger partial charge is 0.456 e. The van der Waals surface area contributed by atoms with Gasteiger partial charge in [0.05, 0.1) is 22.5 Å². The Morgan fingerprint density at radius 1 is 1.09 bits per heavy atom. The molecule has 4 N–H and O–H groups in total. The second kappa shape index (κ2) is 8.19. The Bertz CT molecular complexity index is 1430. The zero-order valence-electron chi connectivity index (χ0n) is 17.3. The number of anilines is 1. The third-order valence-corrected chi connectivity index (χ3v) is 5.76. The number of methoxy groups -OCH3 is 1. The summed E-state index contributed by atoms with van der Waals surface area (Å²) >= 11 is 0. The summed E-state index contributed by atoms with van der Waals surface area (Å²) < 4.78 is 35.2. The van der Waals surface area contributed by atoms with Crippen molar-refractivity contribution in [1.82, 2.24) is 14.5 Å². The third-order valence-electron chi connectivity index (χ3n) is 4.83. The van der Waals surface area contributed by atoms with Crippen molar-refractivity contribution in [2.45, 2.75) is 17.9 Å². The fraction of sp³-hybridized carbons (Fsp3) is 0.190. The molecule has 0 bridgehead atoms. The van der Waals surface area contributed by atoms with E-state index in [4.69, 9.17) is 20.3 Å². The van der Waals surface area contributed by atoms with Crippen LogP contribution in [0.3, 0.4) is 0 Å². The van der Waals surface area contributed by atoms with E-state index in [9.17, 15) is 13.2 Å². The van der Waals surface area contributed by atoms with E-state index in [0.717, 1.165) is 0 Å². The summed E-state index contributed by atoms with van der Waals surface area (Å²) in [6.07, 6.45) is -0.507. The van der Waals surface area contributed by atoms with Crippen molar-refractivity contribution < 1.29 is 22.7 Å². The number of benzene rings is 2. The lowest BCUT2D eigenvalue weighted by molar-refractivity contribution is 0.0123. The van der Waals surface area contributed by atoms with Crippen LogP contribution in [0.2, 0.25) is 0 Å². The molecule has 0 saturated heterocycles. The lowest BCUT2D eigenvalue weighted by atomic mass is 10.2. The van der Waals surface area contributed by atoms with Crippen LogP contribution in [-0.2, 0) is 19.5 Å². The van der Waals surface area contributed by atoms with E-state index in [1.54, 1.807) is 19.1 Å². The molecule has 0 aliphatic heterocycles. The van der Waals surface area contributed by atoms with Crippen LogP contribution in [-0.4, -0.2) is 48.7 Å². The smallest absolute Gasteiger partial charge is 0.344 e. The van der Waals surface area contributed by atoms with E-state index in [-0.39, 0.29) is 28.4 Å². The van der Waals surface area contributed by atoms with Crippen molar-refractivity contribution >= 4 is 44.0 Å². The van der Waals surface area contributed by atoms with E-state index < -0.39 is 22.1 Å². The number of fused-ring (bicyclic) bond motifs is 2. The zero-order chi connectivity index (χ0) is 23.0. The fourth-order valence-corrected chi connectivity index (χ4v) is 3.93. The van der Waals surface area contributed by atoms with E-state index in [2.05, 4.69) is 9.97 Å². The molecule has 10 nitrogen and oxygen atoms in total. The molecule has 32 heavy (non-hydrogen) atoms. The SMILES string of the molecule is COC[C@@H](C)OC(=O)c1c(N)n(-c2ccc(S(N)(=O)=O)cc2)c2nc3ccccc3nc12. The summed E-state index contributed by atoms with van der Waals surface area (Å²) in [6, 6.07) is 12.9. The van der Waals surface area contributed by atoms with Gasteiger partial charge in [-0.15, -0.1) is 0 Å². The summed E-state index contributed by atoms with van der Waals surface area (Å²) in [5.74, 6) is -0.602. The highest BCUT2D eigenvalue weighted by molar-refractivity contribution is 7.89. The van der Waals surface area contributed by atoms with Gasteiger partial charge in [-0.05, 0) is 43.3 Å². The van der Waals surface area contributed by atoms with Crippen LogP contribution in [0.15, 0.2) is 53.4 Å². The number of ether oxygens (including phenoxy) is 2. The van der Waals surface area contributed by atoms with Crippen LogP contribution in [0.25, 0.3) is 27.9 Å². The third kappa shape index (κ3) is 3.88. The zero-order valence-corrected chi connectivity index (χ0v) is 18.2. The average Bonchev–Trinajstić information content (AvgIpc) is 3.02. The molecule has 0 saturated carbocycles. The number of nitrogen functional groups attached to an aromatic ring is 1. The van der Waals surface area contributed by atoms with Gasteiger partial charge in [0.2, 0.25) is 10.0 Å². The molecule has 0 aliphatic rings. The Morgan fingerprint density at radius 3 is 2.31 bits per heavy atom. The quantitative estimate of drug-likeness (QED) is 0.419. The Balaban J connectivity index is 1.95. The fourth-order valence-electron chi connectivity index (χ4n) is 3.42. The van der Waals surface area contributed by atoms with Gasteiger partial charge >= 0.3 is 5.97 Å². The van der Waals surface area contributed by atoms with Crippen molar-refractivity contribution in [1.29, 1.82) is 0 Å². The van der Waals surface area contributed by atoms with Crippen molar-refractivity contribution in [2.24, 2.45) is 5.14 Å². The Kier molecular flexibility index (Phi) is 5.55. The van der Waals surface area contributed by atoms with Crippen LogP contribution in [0.4, 0.5) is 5.82 Å². The maximum absolute atomic E-state index is 13.0. The predicted octanol–water partition coefficient (Wildman–Crippen LogP) is 2.00. The van der Waals surface area contributed by atoms with Crippen molar-refractivity contribution in [3.8, 4) is 5.69 Å². The number of primary sulfonamides is 1. The Labute approximate surface area is 183 Å². The average molecular weight is 455 g/mol. The number of esters is 1. The number of rotatable bonds is 6. The molecule has 0 amide bonds. The Hall–Kier alpha value is -3.54. The molecule has 0 aliphatic carbocycles. The maximum atomic E-state index is 13.0. The highest BCUT2D eigenvalue weighted by Crippen LogP contribution is 2.32. The topological polar surface area (TPSA) is 152 Å². The van der Waals surface area contributed by atoms with Gasteiger partial charge in [-0.25, -0.2) is 28.3 Å². The molecule has 0 fully saturated rings. The number of nitrogens with zero attached hydrogens (tertiary/aromatic N) is 3. The molecule has 0 spiro atoms. The number of carbonyl (C=O) groups excluding carboxylic acids is 1. The van der Waals surface area contributed by atoms with Gasteiger partial charge in [0, 0.05) is 12.8 Å². The van der Waals surface area contributed by atoms with E-state index in [1.165, 1.54) is 35.9 Å². The van der Waals surface area contributed by atoms with Crippen LogP contribution in [0.1, 0.15) is 17.3 Å². The second-order valence-corrected chi connectivity index (χ2v) is 8.75. The van der Waals surface area contributed by atoms with Crippen molar-refractivity contribution in [3.63, 3.8) is 0 Å². The summed E-state index contributed by atoms with van der Waals surface area (Å²) in [5.41, 5.74) is 8.73. The van der Waals surface area contributed by atoms with E-state index >= 15 is 0 Å². The van der Waals surface area contributed by atoms with Gasteiger partial charge in [-0.2, -0.15) is 0 Å². The standard InChI is InChI=1S/C21H21N5O5S/c1-12(11-30-2)31-21(27)17-18-20(25-16-6-4-3-5-15(16)24-18)26(19(17)22)13-7-9-14(10-8-13)32(23,28)29/h3-10,12H,11,22H2,1-2H3,(H2,23,28,29)/t12-/m1/s1. The second-order valence-electron chi connectivity index (χ2n) is 7.19. The molecule has 1 atom stereocenters. The highest BCUT2D eigenvalue weighted by atomic mass is 32.2. The number of aromatic nitrogens is 3. The number of hydrogen-bond donors (Lipinski definition) is 2. The first-order valence-electron chi connectivity index (χ1n) is 9.60. The minimum absolute atomic E-state index is 0.0548. The minimum atomic E-state index is -3.86. The molecule has 0 radical (unpaired) electrons. The van der Waals surface area contributed by atoms with Gasteiger partial charge in [0.1, 0.15) is 23.0 Å². The van der Waals surface area contributed by atoms with Gasteiger partial charge in [-0.3, -0.25) is 4.57 Å². The summed E-state index contributed by atoms with van der Waals surface area (Å²) in [7, 11) is -2.36. The maximum Gasteiger partial charge on any atom is 0.344 e. The molecule has 2 aromatic heterocycles. The van der Waals surface area contributed by atoms with E-state index in [1.807, 2.05) is 12.1 Å². The number of para-hydroxylation sites is 2. The number of nitrogens with two attached hydrogens (primary N) is 2. The summed E-state index contributed by atoms with van der Waals surface area (Å²) in [4.78, 5) is 22.2. The predicted molar refractivity (Wildman–Crippen MR) is 119 cm³/mol. The monoisotopic (exact) mass is 455 g/mol. The van der Waals surface area contributed by atoms with Gasteiger partial charge in [0.25, 0.3) is 0 Å². The lowest BCUT2D eigenvalue weighted by Crippen LogP contribution is -2.20. The normalized spacial score (nSPS) is 12.8. The molecule has 2 heterocycles. The lowest BCUT2D eigenvalue weighted by Gasteiger charge is -2.12. The molecule has 4 rings (SSSR count). The molecular formula is C21H21N5O5S. The van der Waals surface area contributed by atoms with Crippen molar-refractivity contribution in [3.05, 3.63) is 54.1 Å². The molecule has 4 aromatic rings. The molecule has 11 heteroatoms. The highest BCUT2D eigenvalue weighted by Gasteiger charge is 2.27. The number of hydrogen-bond acceptors (Lipinski definition) is 8. The van der Waals surface area contributed by atoms with Crippen molar-refractivity contribution in [2.75, 3.05) is 19.5 Å². The molecular weight excluding hydrogens is 434 g/mol. The summed E-state index contributed by atoms with van der Waals surface area (Å²) in [5, 5.41) is 5.19. The summed E-state index contributed by atoms with van der Waals surface area (Å²) in [6.45, 7) is 1.91. The van der Waals surface area contributed by atoms with Gasteiger partial charge < -0.3 is 15.2 Å². The van der Waals surface area contributed by atoms with Gasteiger partial charge in [0.15, 0.2) is 5.65 Å². The van der Waals surface area contributed by atoms with Crippen LogP contribution in [0, 0.1) is 0 Å². The Morgan fingerprint density at radius 2 is 1.72 bits per heavy atom. The number of sulfonamides is 1. The van der Waals surface area contributed by atoms with Crippen LogP contribution in [0.5, 0.6) is 0 Å². The molecule has 0 unspecified atom stereocenters. The minimum Gasteiger partial charge on any atom is -0.456 e. The first-order valence-corrected chi connectivity index (χ1v) is 11.1. The van der Waals surface area contributed by atoms with Crippen LogP contribution >= 0.6 is 0 Å². The molecule has 2 aromatic carbocycles. The van der Waals surface area contributed by atoms with E-state index in [0.29, 0.717) is 22.4 Å². The first kappa shape index (κ1) is 21.7. The van der Waals surface area contributed by atoms with Crippen LogP contribution < -0.4 is 10.9 Å². The first-order chi connectivity index (χ1) is 15.2.